The van der Waals surface area contributed by atoms with Crippen molar-refractivity contribution < 1.29 is 13.9 Å². The minimum Gasteiger partial charge on any atom is -0.438 e. The Balaban J connectivity index is 1.80. The Bertz CT molecular complexity index is 961. The van der Waals surface area contributed by atoms with Gasteiger partial charge in [-0.3, -0.25) is 4.98 Å². The van der Waals surface area contributed by atoms with E-state index in [9.17, 15) is 9.18 Å². The van der Waals surface area contributed by atoms with Crippen molar-refractivity contribution in [1.82, 2.24) is 10.3 Å². The van der Waals surface area contributed by atoms with Gasteiger partial charge in [0, 0.05) is 11.1 Å². The highest BCUT2D eigenvalue weighted by Crippen LogP contribution is 2.42. The average Bonchev–Trinajstić information content (AvgIpc) is 2.98. The molecule has 2 heterocycles. The minimum absolute atomic E-state index is 0.320. The molecule has 1 aromatic heterocycles. The highest BCUT2D eigenvalue weighted by molar-refractivity contribution is 5.72. The lowest BCUT2D eigenvalue weighted by molar-refractivity contribution is 0.109. The molecule has 130 valence electrons. The van der Waals surface area contributed by atoms with Gasteiger partial charge in [0.2, 0.25) is 0 Å². The van der Waals surface area contributed by atoms with Crippen LogP contribution in [0.3, 0.4) is 0 Å². The van der Waals surface area contributed by atoms with Gasteiger partial charge in [-0.05, 0) is 25.1 Å². The maximum atomic E-state index is 14.3. The van der Waals surface area contributed by atoms with E-state index in [1.165, 1.54) is 6.07 Å². The number of amides is 1. The number of carbonyl (C=O) groups is 1. The van der Waals surface area contributed by atoms with Gasteiger partial charge in [-0.2, -0.15) is 0 Å². The van der Waals surface area contributed by atoms with Gasteiger partial charge in [0.05, 0.1) is 11.4 Å². The fourth-order valence-electron chi connectivity index (χ4n) is 3.29. The van der Waals surface area contributed by atoms with Crippen molar-refractivity contribution in [2.24, 2.45) is 0 Å². The number of cyclic esters (lactones) is 1. The number of halogens is 1. The molecular formula is C21H17FN2O2. The Morgan fingerprint density at radius 3 is 2.50 bits per heavy atom. The molecule has 0 aliphatic carbocycles. The number of hydrogen-bond acceptors (Lipinski definition) is 3. The molecule has 1 aliphatic heterocycles. The molecule has 4 nitrogen and oxygen atoms in total. The van der Waals surface area contributed by atoms with Gasteiger partial charge in [0.15, 0.2) is 6.10 Å². The average molecular weight is 348 g/mol. The summed E-state index contributed by atoms with van der Waals surface area (Å²) >= 11 is 0. The van der Waals surface area contributed by atoms with Gasteiger partial charge in [-0.25, -0.2) is 9.18 Å². The van der Waals surface area contributed by atoms with Crippen LogP contribution in [0.15, 0.2) is 72.8 Å². The lowest BCUT2D eigenvalue weighted by atomic mass is 9.86. The van der Waals surface area contributed by atoms with E-state index in [1.807, 2.05) is 48.5 Å². The third kappa shape index (κ3) is 2.71. The zero-order valence-corrected chi connectivity index (χ0v) is 14.1. The molecule has 1 N–H and O–H groups in total. The molecule has 2 atom stereocenters. The van der Waals surface area contributed by atoms with Crippen molar-refractivity contribution >= 4 is 6.09 Å². The molecule has 0 unspecified atom stereocenters. The van der Waals surface area contributed by atoms with Crippen LogP contribution < -0.4 is 5.32 Å². The highest BCUT2D eigenvalue weighted by Gasteiger charge is 2.49. The van der Waals surface area contributed by atoms with E-state index in [1.54, 1.807) is 25.1 Å². The number of ether oxygens (including phenoxy) is 1. The van der Waals surface area contributed by atoms with Gasteiger partial charge >= 0.3 is 6.09 Å². The molecular weight excluding hydrogens is 331 g/mol. The predicted octanol–water partition coefficient (Wildman–Crippen LogP) is 4.58. The summed E-state index contributed by atoms with van der Waals surface area (Å²) in [7, 11) is 0. The Morgan fingerprint density at radius 2 is 1.73 bits per heavy atom. The number of nitrogens with one attached hydrogen (secondary N) is 1. The summed E-state index contributed by atoms with van der Waals surface area (Å²) in [6, 6.07) is 21.6. The topological polar surface area (TPSA) is 51.2 Å². The van der Waals surface area contributed by atoms with Crippen LogP contribution in [0.25, 0.3) is 11.3 Å². The molecule has 0 bridgehead atoms. The fourth-order valence-corrected chi connectivity index (χ4v) is 3.29. The van der Waals surface area contributed by atoms with Gasteiger partial charge in [0.25, 0.3) is 0 Å². The molecule has 4 rings (SSSR count). The number of hydrogen-bond donors (Lipinski definition) is 1. The Kier molecular flexibility index (Phi) is 3.92. The van der Waals surface area contributed by atoms with Crippen molar-refractivity contribution in [3.8, 4) is 11.3 Å². The molecule has 0 spiro atoms. The summed E-state index contributed by atoms with van der Waals surface area (Å²) in [5, 5.41) is 2.81. The summed E-state index contributed by atoms with van der Waals surface area (Å²) in [6.45, 7) is 1.80. The summed E-state index contributed by atoms with van der Waals surface area (Å²) in [4.78, 5) is 16.7. The Morgan fingerprint density at radius 1 is 1.00 bits per heavy atom. The summed E-state index contributed by atoms with van der Waals surface area (Å²) in [5.41, 5.74) is 1.69. The zero-order valence-electron chi connectivity index (χ0n) is 14.1. The van der Waals surface area contributed by atoms with Crippen molar-refractivity contribution in [2.45, 2.75) is 18.6 Å². The molecule has 1 amide bonds. The first-order chi connectivity index (χ1) is 12.6. The van der Waals surface area contributed by atoms with E-state index in [-0.39, 0.29) is 0 Å². The second-order valence-corrected chi connectivity index (χ2v) is 6.41. The van der Waals surface area contributed by atoms with E-state index >= 15 is 0 Å². The molecule has 0 radical (unpaired) electrons. The molecule has 5 heteroatoms. The normalized spacial score (nSPS) is 21.9. The quantitative estimate of drug-likeness (QED) is 0.753. The van der Waals surface area contributed by atoms with Gasteiger partial charge in [0.1, 0.15) is 11.4 Å². The maximum absolute atomic E-state index is 14.3. The van der Waals surface area contributed by atoms with Crippen molar-refractivity contribution in [1.29, 1.82) is 0 Å². The number of benzene rings is 2. The zero-order chi connectivity index (χ0) is 18.1. The number of nitrogens with zero attached hydrogens (tertiary/aromatic N) is 1. The molecule has 1 saturated heterocycles. The Labute approximate surface area is 150 Å². The molecule has 3 aromatic rings. The summed E-state index contributed by atoms with van der Waals surface area (Å²) in [6.07, 6.45) is -1.40. The van der Waals surface area contributed by atoms with Crippen LogP contribution in [-0.4, -0.2) is 11.1 Å². The van der Waals surface area contributed by atoms with Crippen LogP contribution in [0.1, 0.15) is 24.3 Å². The van der Waals surface area contributed by atoms with Gasteiger partial charge in [-0.1, -0.05) is 54.6 Å². The van der Waals surface area contributed by atoms with Crippen LogP contribution >= 0.6 is 0 Å². The van der Waals surface area contributed by atoms with E-state index < -0.39 is 23.6 Å². The van der Waals surface area contributed by atoms with E-state index in [2.05, 4.69) is 5.32 Å². The monoisotopic (exact) mass is 348 g/mol. The number of rotatable bonds is 3. The van der Waals surface area contributed by atoms with Crippen LogP contribution in [-0.2, 0) is 10.3 Å². The first kappa shape index (κ1) is 16.3. The molecule has 1 aliphatic rings. The maximum Gasteiger partial charge on any atom is 0.408 e. The van der Waals surface area contributed by atoms with Crippen molar-refractivity contribution in [2.75, 3.05) is 0 Å². The second-order valence-electron chi connectivity index (χ2n) is 6.41. The molecule has 1 fully saturated rings. The SMILES string of the molecule is C[C@]1(c2cccc(-c3ccccc3)n2)NC(=O)O[C@@H]1c1ccccc1F. The first-order valence-electron chi connectivity index (χ1n) is 8.34. The van der Waals surface area contributed by atoms with E-state index in [0.29, 0.717) is 11.3 Å². The number of aromatic nitrogens is 1. The highest BCUT2D eigenvalue weighted by atomic mass is 19.1. The second kappa shape index (κ2) is 6.26. The third-order valence-electron chi connectivity index (χ3n) is 4.65. The lowest BCUT2D eigenvalue weighted by Gasteiger charge is -2.28. The smallest absolute Gasteiger partial charge is 0.408 e. The lowest BCUT2D eigenvalue weighted by Crippen LogP contribution is -2.40. The van der Waals surface area contributed by atoms with Crippen LogP contribution in [0.2, 0.25) is 0 Å². The number of carbonyl (C=O) groups excluding carboxylic acids is 1. The third-order valence-corrected chi connectivity index (χ3v) is 4.65. The largest absolute Gasteiger partial charge is 0.438 e. The standard InChI is InChI=1S/C21H17FN2O2/c1-21(18-13-7-12-17(23-18)14-8-3-2-4-9-14)19(26-20(25)24-21)15-10-5-6-11-16(15)22/h2-13,19H,1H3,(H,24,25)/t19-,21-/m1/s1. The molecule has 26 heavy (non-hydrogen) atoms. The van der Waals surface area contributed by atoms with Crippen LogP contribution in [0.5, 0.6) is 0 Å². The Hall–Kier alpha value is -3.21. The summed E-state index contributed by atoms with van der Waals surface area (Å²) < 4.78 is 19.7. The number of alkyl carbamates (subject to hydrolysis) is 1. The molecule has 0 saturated carbocycles. The first-order valence-corrected chi connectivity index (χ1v) is 8.34. The minimum atomic E-state index is -0.982. The summed E-state index contributed by atoms with van der Waals surface area (Å²) in [5.74, 6) is -0.417. The van der Waals surface area contributed by atoms with Crippen molar-refractivity contribution in [3.05, 3.63) is 89.9 Å². The van der Waals surface area contributed by atoms with E-state index in [4.69, 9.17) is 9.72 Å². The van der Waals surface area contributed by atoms with Gasteiger partial charge < -0.3 is 10.1 Å². The fraction of sp³-hybridized carbons (Fsp3) is 0.143. The number of pyridine rings is 1. The molecule has 2 aromatic carbocycles. The van der Waals surface area contributed by atoms with Gasteiger partial charge in [-0.15, -0.1) is 0 Å². The van der Waals surface area contributed by atoms with Crippen molar-refractivity contribution in [3.63, 3.8) is 0 Å². The van der Waals surface area contributed by atoms with Crippen LogP contribution in [0.4, 0.5) is 9.18 Å². The van der Waals surface area contributed by atoms with E-state index in [0.717, 1.165) is 11.3 Å². The predicted molar refractivity (Wildman–Crippen MR) is 95.8 cm³/mol. The van der Waals surface area contributed by atoms with Crippen LogP contribution in [0, 0.1) is 5.82 Å².